The van der Waals surface area contributed by atoms with Crippen molar-refractivity contribution in [1.29, 1.82) is 0 Å². The van der Waals surface area contributed by atoms with Crippen LogP contribution in [0.1, 0.15) is 10.4 Å². The topological polar surface area (TPSA) is 24.8 Å². The smallest absolute Gasteiger partial charge is 0.254 e. The molecule has 0 saturated carbocycles. The average molecular weight is 285 g/mol. The summed E-state index contributed by atoms with van der Waals surface area (Å²) in [6, 6.07) is 16.0. The summed E-state index contributed by atoms with van der Waals surface area (Å²) in [7, 11) is 0. The molecular weight excluding hydrogens is 267 g/mol. The molecule has 0 aromatic heterocycles. The van der Waals surface area contributed by atoms with Gasteiger partial charge >= 0.3 is 0 Å². The molecule has 1 N–H and O–H groups in total. The normalized spacial score (nSPS) is 16.0. The molecule has 0 unspecified atom stereocenters. The highest BCUT2D eigenvalue weighted by molar-refractivity contribution is 5.94. The Morgan fingerprint density at radius 2 is 1.57 bits per heavy atom. The molecule has 108 valence electrons. The molecule has 1 heterocycles. The lowest BCUT2D eigenvalue weighted by Crippen LogP contribution is -3.10. The van der Waals surface area contributed by atoms with E-state index in [2.05, 4.69) is 0 Å². The minimum absolute atomic E-state index is 0.0914. The molecule has 1 aliphatic rings. The molecule has 0 spiro atoms. The van der Waals surface area contributed by atoms with Gasteiger partial charge in [0.25, 0.3) is 5.91 Å². The van der Waals surface area contributed by atoms with E-state index in [0.717, 1.165) is 37.4 Å². The van der Waals surface area contributed by atoms with Gasteiger partial charge in [-0.2, -0.15) is 0 Å². The lowest BCUT2D eigenvalue weighted by molar-refractivity contribution is -0.837. The lowest BCUT2D eigenvalue weighted by Gasteiger charge is -2.32. The second-order valence-corrected chi connectivity index (χ2v) is 5.27. The maximum atomic E-state index is 12.9. The van der Waals surface area contributed by atoms with Crippen LogP contribution >= 0.6 is 0 Å². The summed E-state index contributed by atoms with van der Waals surface area (Å²) in [5.74, 6) is -0.121. The van der Waals surface area contributed by atoms with E-state index in [9.17, 15) is 9.18 Å². The SMILES string of the molecule is O=C(c1ccccc1)N1CC[NH+](c2ccc(F)cc2)CC1. The van der Waals surface area contributed by atoms with Gasteiger partial charge in [0.05, 0.1) is 26.2 Å². The van der Waals surface area contributed by atoms with E-state index >= 15 is 0 Å². The first-order valence-corrected chi connectivity index (χ1v) is 7.19. The van der Waals surface area contributed by atoms with E-state index in [4.69, 9.17) is 0 Å². The average Bonchev–Trinajstić information content (AvgIpc) is 2.56. The van der Waals surface area contributed by atoms with Crippen molar-refractivity contribution in [2.24, 2.45) is 0 Å². The summed E-state index contributed by atoms with van der Waals surface area (Å²) in [4.78, 5) is 15.5. The molecule has 0 bridgehead atoms. The molecule has 0 aliphatic carbocycles. The Hall–Kier alpha value is -2.20. The highest BCUT2D eigenvalue weighted by Gasteiger charge is 2.25. The maximum absolute atomic E-state index is 12.9. The number of hydrogen-bond donors (Lipinski definition) is 1. The van der Waals surface area contributed by atoms with Gasteiger partial charge in [-0.1, -0.05) is 18.2 Å². The Bertz CT molecular complexity index is 604. The molecule has 1 fully saturated rings. The minimum Gasteiger partial charge on any atom is -0.327 e. The largest absolute Gasteiger partial charge is 0.327 e. The third-order valence-electron chi connectivity index (χ3n) is 3.93. The van der Waals surface area contributed by atoms with Crippen LogP contribution in [0.2, 0.25) is 0 Å². The molecule has 2 aromatic rings. The number of halogens is 1. The van der Waals surface area contributed by atoms with Crippen LogP contribution in [0.4, 0.5) is 10.1 Å². The van der Waals surface area contributed by atoms with Crippen molar-refractivity contribution in [2.75, 3.05) is 26.2 Å². The summed E-state index contributed by atoms with van der Waals surface area (Å²) in [6.45, 7) is 3.15. The van der Waals surface area contributed by atoms with E-state index in [0.29, 0.717) is 0 Å². The van der Waals surface area contributed by atoms with Crippen molar-refractivity contribution in [2.45, 2.75) is 0 Å². The van der Waals surface area contributed by atoms with E-state index in [1.54, 1.807) is 0 Å². The fourth-order valence-corrected chi connectivity index (χ4v) is 2.72. The van der Waals surface area contributed by atoms with Crippen LogP contribution in [0.15, 0.2) is 54.6 Å². The monoisotopic (exact) mass is 285 g/mol. The summed E-state index contributed by atoms with van der Waals surface area (Å²) in [5, 5.41) is 0. The minimum atomic E-state index is -0.212. The van der Waals surface area contributed by atoms with Crippen molar-refractivity contribution < 1.29 is 14.1 Å². The number of amides is 1. The van der Waals surface area contributed by atoms with Gasteiger partial charge in [0.1, 0.15) is 11.5 Å². The number of quaternary nitrogens is 1. The predicted molar refractivity (Wildman–Crippen MR) is 79.1 cm³/mol. The second kappa shape index (κ2) is 6.06. The van der Waals surface area contributed by atoms with Crippen LogP contribution in [-0.2, 0) is 0 Å². The molecular formula is C17H18FN2O+. The fourth-order valence-electron chi connectivity index (χ4n) is 2.72. The quantitative estimate of drug-likeness (QED) is 0.888. The number of hydrogen-bond acceptors (Lipinski definition) is 1. The van der Waals surface area contributed by atoms with E-state index in [1.165, 1.54) is 17.0 Å². The standard InChI is InChI=1S/C17H17FN2O/c18-15-6-8-16(9-7-15)19-10-12-20(13-11-19)17(21)14-4-2-1-3-5-14/h1-9H,10-13H2/p+1. The second-order valence-electron chi connectivity index (χ2n) is 5.27. The Morgan fingerprint density at radius 1 is 0.952 bits per heavy atom. The van der Waals surface area contributed by atoms with Crippen LogP contribution < -0.4 is 4.90 Å². The predicted octanol–water partition coefficient (Wildman–Crippen LogP) is 1.50. The number of rotatable bonds is 2. The number of nitrogens with one attached hydrogen (secondary N) is 1. The molecule has 3 nitrogen and oxygen atoms in total. The molecule has 21 heavy (non-hydrogen) atoms. The molecule has 1 amide bonds. The van der Waals surface area contributed by atoms with Crippen molar-refractivity contribution in [3.8, 4) is 0 Å². The first-order chi connectivity index (χ1) is 10.2. The zero-order chi connectivity index (χ0) is 14.7. The number of benzene rings is 2. The number of nitrogens with zero attached hydrogens (tertiary/aromatic N) is 1. The zero-order valence-corrected chi connectivity index (χ0v) is 11.8. The molecule has 1 saturated heterocycles. The molecule has 0 atom stereocenters. The first kappa shape index (κ1) is 13.8. The summed E-state index contributed by atoms with van der Waals surface area (Å²) in [5.41, 5.74) is 1.82. The van der Waals surface area contributed by atoms with Crippen molar-refractivity contribution in [3.05, 3.63) is 66.0 Å². The fraction of sp³-hybridized carbons (Fsp3) is 0.235. The van der Waals surface area contributed by atoms with E-state index < -0.39 is 0 Å². The van der Waals surface area contributed by atoms with Crippen molar-refractivity contribution >= 4 is 11.6 Å². The molecule has 1 aliphatic heterocycles. The third-order valence-corrected chi connectivity index (χ3v) is 3.93. The van der Waals surface area contributed by atoms with Crippen LogP contribution in [-0.4, -0.2) is 37.0 Å². The first-order valence-electron chi connectivity index (χ1n) is 7.19. The summed E-state index contributed by atoms with van der Waals surface area (Å²) < 4.78 is 12.9. The van der Waals surface area contributed by atoms with E-state index in [1.807, 2.05) is 47.4 Å². The number of piperazine rings is 1. The zero-order valence-electron chi connectivity index (χ0n) is 11.8. The lowest BCUT2D eigenvalue weighted by atomic mass is 10.1. The van der Waals surface area contributed by atoms with Gasteiger partial charge < -0.3 is 4.90 Å². The van der Waals surface area contributed by atoms with Crippen LogP contribution in [0.25, 0.3) is 0 Å². The number of carbonyl (C=O) groups excluding carboxylic acids is 1. The van der Waals surface area contributed by atoms with Crippen LogP contribution in [0.3, 0.4) is 0 Å². The highest BCUT2D eigenvalue weighted by atomic mass is 19.1. The van der Waals surface area contributed by atoms with Crippen molar-refractivity contribution in [1.82, 2.24) is 4.90 Å². The number of carbonyl (C=O) groups is 1. The van der Waals surface area contributed by atoms with Gasteiger partial charge in [0, 0.05) is 17.7 Å². The molecule has 2 aromatic carbocycles. The van der Waals surface area contributed by atoms with Gasteiger partial charge in [0.2, 0.25) is 0 Å². The van der Waals surface area contributed by atoms with Gasteiger partial charge in [-0.15, -0.1) is 0 Å². The molecule has 3 rings (SSSR count). The summed E-state index contributed by atoms with van der Waals surface area (Å²) >= 11 is 0. The highest BCUT2D eigenvalue weighted by Crippen LogP contribution is 2.07. The Morgan fingerprint density at radius 3 is 2.19 bits per heavy atom. The third kappa shape index (κ3) is 3.11. The van der Waals surface area contributed by atoms with Gasteiger partial charge in [0.15, 0.2) is 0 Å². The Kier molecular flexibility index (Phi) is 3.97. The van der Waals surface area contributed by atoms with E-state index in [-0.39, 0.29) is 11.7 Å². The van der Waals surface area contributed by atoms with Crippen LogP contribution in [0.5, 0.6) is 0 Å². The maximum Gasteiger partial charge on any atom is 0.254 e. The molecule has 0 radical (unpaired) electrons. The van der Waals surface area contributed by atoms with Crippen LogP contribution in [0, 0.1) is 5.82 Å². The van der Waals surface area contributed by atoms with Gasteiger partial charge in [-0.25, -0.2) is 4.39 Å². The molecule has 4 heteroatoms. The Labute approximate surface area is 123 Å². The van der Waals surface area contributed by atoms with Gasteiger partial charge in [-0.05, 0) is 24.3 Å². The van der Waals surface area contributed by atoms with Gasteiger partial charge in [-0.3, -0.25) is 9.69 Å². The Balaban J connectivity index is 1.63. The summed E-state index contributed by atoms with van der Waals surface area (Å²) in [6.07, 6.45) is 0. The van der Waals surface area contributed by atoms with Crippen molar-refractivity contribution in [3.63, 3.8) is 0 Å².